The van der Waals surface area contributed by atoms with Gasteiger partial charge in [0.1, 0.15) is 5.82 Å². The first kappa shape index (κ1) is 21.9. The minimum absolute atomic E-state index is 0.132. The largest absolute Gasteiger partial charge is 0.424 e. The summed E-state index contributed by atoms with van der Waals surface area (Å²) in [4.78, 5) is 27.9. The Kier molecular flexibility index (Phi) is 6.83. The molecule has 0 aromatic carbocycles. The van der Waals surface area contributed by atoms with Gasteiger partial charge in [-0.2, -0.15) is 13.2 Å². The highest BCUT2D eigenvalue weighted by Crippen LogP contribution is 2.40. The van der Waals surface area contributed by atoms with Crippen LogP contribution in [0.3, 0.4) is 0 Å². The van der Waals surface area contributed by atoms with E-state index in [1.165, 1.54) is 31.5 Å². The van der Waals surface area contributed by atoms with Gasteiger partial charge in [0, 0.05) is 44.2 Å². The van der Waals surface area contributed by atoms with E-state index in [-0.39, 0.29) is 12.3 Å². The molecular weight excluding hydrogens is 397 g/mol. The molecule has 0 bridgehead atoms. The Morgan fingerprint density at radius 3 is 2.61 bits per heavy atom. The number of hydrogen-bond donors (Lipinski definition) is 3. The van der Waals surface area contributed by atoms with Crippen molar-refractivity contribution in [1.82, 2.24) is 20.2 Å². The van der Waals surface area contributed by atoms with Crippen LogP contribution in [-0.2, 0) is 22.2 Å². The van der Waals surface area contributed by atoms with E-state index in [2.05, 4.69) is 15.6 Å². The molecule has 0 aliphatic heterocycles. The normalized spacial score (nSPS) is 14.9. The van der Waals surface area contributed by atoms with Crippen molar-refractivity contribution in [1.29, 1.82) is 0 Å². The van der Waals surface area contributed by atoms with E-state index in [4.69, 9.17) is 0 Å². The molecule has 3 N–H and O–H groups in total. The quantitative estimate of drug-likeness (QED) is 0.611. The lowest BCUT2D eigenvalue weighted by atomic mass is 9.97. The fourth-order valence-corrected chi connectivity index (χ4v) is 3.52. The van der Waals surface area contributed by atoms with Gasteiger partial charge in [0.15, 0.2) is 0 Å². The van der Waals surface area contributed by atoms with Gasteiger partial charge in [-0.3, -0.25) is 9.59 Å². The zero-order valence-corrected chi connectivity index (χ0v) is 16.1. The molecule has 2 aromatic heterocycles. The molecule has 0 saturated heterocycles. The van der Waals surface area contributed by atoms with Gasteiger partial charge in [0.2, 0.25) is 17.4 Å². The SMILES string of the molecule is CC(=O)NC(CC(=O)NCCC(O)(c1nccn1C)C(F)(F)F)c1cccs1. The average molecular weight is 418 g/mol. The number of aryl methyl sites for hydroxylation is 1. The minimum Gasteiger partial charge on any atom is -0.374 e. The number of carbonyl (C=O) groups is 2. The number of aliphatic hydroxyl groups is 1. The molecule has 2 aromatic rings. The number of alkyl halides is 3. The van der Waals surface area contributed by atoms with Crippen molar-refractivity contribution in [3.63, 3.8) is 0 Å². The molecule has 11 heteroatoms. The van der Waals surface area contributed by atoms with Gasteiger partial charge in [0.05, 0.1) is 12.5 Å². The van der Waals surface area contributed by atoms with Gasteiger partial charge in [-0.25, -0.2) is 4.98 Å². The summed E-state index contributed by atoms with van der Waals surface area (Å²) >= 11 is 1.35. The molecule has 2 atom stereocenters. The number of imidazole rings is 1. The molecule has 7 nitrogen and oxygen atoms in total. The number of rotatable bonds is 8. The molecule has 2 heterocycles. The number of nitrogens with one attached hydrogen (secondary N) is 2. The van der Waals surface area contributed by atoms with Crippen molar-refractivity contribution in [2.75, 3.05) is 6.54 Å². The minimum atomic E-state index is -4.97. The number of aromatic nitrogens is 2. The zero-order chi connectivity index (χ0) is 20.9. The topological polar surface area (TPSA) is 96.2 Å². The fourth-order valence-electron chi connectivity index (χ4n) is 2.74. The molecule has 0 radical (unpaired) electrons. The summed E-state index contributed by atoms with van der Waals surface area (Å²) in [5.41, 5.74) is -3.19. The van der Waals surface area contributed by atoms with Gasteiger partial charge in [-0.15, -0.1) is 11.3 Å². The van der Waals surface area contributed by atoms with E-state index >= 15 is 0 Å². The molecule has 0 spiro atoms. The maximum absolute atomic E-state index is 13.4. The lowest BCUT2D eigenvalue weighted by Gasteiger charge is -2.30. The Hall–Kier alpha value is -2.40. The zero-order valence-electron chi connectivity index (χ0n) is 15.3. The van der Waals surface area contributed by atoms with Crippen LogP contribution in [0.1, 0.15) is 36.5 Å². The van der Waals surface area contributed by atoms with Crippen molar-refractivity contribution in [2.45, 2.75) is 37.6 Å². The van der Waals surface area contributed by atoms with E-state index in [9.17, 15) is 27.9 Å². The second-order valence-electron chi connectivity index (χ2n) is 6.29. The van der Waals surface area contributed by atoms with E-state index in [1.54, 1.807) is 17.5 Å². The summed E-state index contributed by atoms with van der Waals surface area (Å²) in [6, 6.07) is 2.94. The third-order valence-corrected chi connectivity index (χ3v) is 5.11. The molecule has 2 amide bonds. The van der Waals surface area contributed by atoms with Crippen LogP contribution in [0.4, 0.5) is 13.2 Å². The predicted octanol–water partition coefficient (Wildman–Crippen LogP) is 2.01. The fraction of sp³-hybridized carbons (Fsp3) is 0.471. The van der Waals surface area contributed by atoms with Crippen LogP contribution in [0.5, 0.6) is 0 Å². The number of amides is 2. The van der Waals surface area contributed by atoms with Crippen LogP contribution in [0.2, 0.25) is 0 Å². The van der Waals surface area contributed by atoms with Crippen LogP contribution in [0, 0.1) is 0 Å². The van der Waals surface area contributed by atoms with Crippen molar-refractivity contribution in [3.8, 4) is 0 Å². The molecule has 0 fully saturated rings. The molecule has 2 rings (SSSR count). The molecule has 0 aliphatic carbocycles. The summed E-state index contributed by atoms with van der Waals surface area (Å²) in [6.07, 6.45) is -3.44. The molecular formula is C17H21F3N4O3S. The van der Waals surface area contributed by atoms with E-state index in [0.29, 0.717) is 0 Å². The monoisotopic (exact) mass is 418 g/mol. The highest BCUT2D eigenvalue weighted by molar-refractivity contribution is 7.10. The highest BCUT2D eigenvalue weighted by atomic mass is 32.1. The Labute approximate surface area is 163 Å². The van der Waals surface area contributed by atoms with Crippen molar-refractivity contribution in [2.24, 2.45) is 7.05 Å². The average Bonchev–Trinajstić information content (AvgIpc) is 3.24. The van der Waals surface area contributed by atoms with Crippen molar-refractivity contribution >= 4 is 23.2 Å². The smallest absolute Gasteiger partial charge is 0.374 e. The number of halogens is 3. The van der Waals surface area contributed by atoms with E-state index in [0.717, 1.165) is 15.6 Å². The third kappa shape index (κ3) is 5.10. The summed E-state index contributed by atoms with van der Waals surface area (Å²) in [6.45, 7) is 0.897. The van der Waals surface area contributed by atoms with Crippen LogP contribution < -0.4 is 10.6 Å². The summed E-state index contributed by atoms with van der Waals surface area (Å²) in [5.74, 6) is -1.42. The molecule has 2 unspecified atom stereocenters. The van der Waals surface area contributed by atoms with Gasteiger partial charge >= 0.3 is 6.18 Å². The predicted molar refractivity (Wildman–Crippen MR) is 96.3 cm³/mol. The number of carbonyl (C=O) groups excluding carboxylic acids is 2. The molecule has 28 heavy (non-hydrogen) atoms. The van der Waals surface area contributed by atoms with Gasteiger partial charge in [-0.05, 0) is 11.4 Å². The third-order valence-electron chi connectivity index (χ3n) is 4.12. The second kappa shape index (κ2) is 8.74. The molecule has 0 aliphatic rings. The standard InChI is InChI=1S/C17H21F3N4O3S/c1-11(25)23-12(13-4-3-9-28-13)10-14(26)21-6-5-16(27,17(18,19)20)15-22-7-8-24(15)2/h3-4,7-9,12,27H,5-6,10H2,1-2H3,(H,21,26)(H,23,25). The number of thiophene rings is 1. The summed E-state index contributed by atoms with van der Waals surface area (Å²) in [7, 11) is 1.34. The maximum atomic E-state index is 13.4. The first-order valence-electron chi connectivity index (χ1n) is 8.38. The van der Waals surface area contributed by atoms with Gasteiger partial charge < -0.3 is 20.3 Å². The molecule has 0 saturated carbocycles. The van der Waals surface area contributed by atoms with E-state index < -0.39 is 42.5 Å². The molecule has 154 valence electrons. The first-order chi connectivity index (χ1) is 13.0. The van der Waals surface area contributed by atoms with Crippen LogP contribution in [0.15, 0.2) is 29.9 Å². The number of nitrogens with zero attached hydrogens (tertiary/aromatic N) is 2. The van der Waals surface area contributed by atoms with Crippen LogP contribution in [-0.4, -0.2) is 39.2 Å². The van der Waals surface area contributed by atoms with Crippen LogP contribution >= 0.6 is 11.3 Å². The first-order valence-corrected chi connectivity index (χ1v) is 9.26. The second-order valence-corrected chi connectivity index (χ2v) is 7.27. The van der Waals surface area contributed by atoms with E-state index in [1.807, 2.05) is 0 Å². The Morgan fingerprint density at radius 2 is 2.11 bits per heavy atom. The lowest BCUT2D eigenvalue weighted by Crippen LogP contribution is -2.46. The maximum Gasteiger partial charge on any atom is 0.424 e. The van der Waals surface area contributed by atoms with Crippen molar-refractivity contribution in [3.05, 3.63) is 40.6 Å². The van der Waals surface area contributed by atoms with Gasteiger partial charge in [0.25, 0.3) is 0 Å². The Balaban J connectivity index is 2.01. The summed E-state index contributed by atoms with van der Waals surface area (Å²) in [5, 5.41) is 17.0. The van der Waals surface area contributed by atoms with Crippen LogP contribution in [0.25, 0.3) is 0 Å². The number of hydrogen-bond acceptors (Lipinski definition) is 5. The Bertz CT molecular complexity index is 807. The summed E-state index contributed by atoms with van der Waals surface area (Å²) < 4.78 is 41.4. The van der Waals surface area contributed by atoms with Gasteiger partial charge in [-0.1, -0.05) is 6.07 Å². The Morgan fingerprint density at radius 1 is 1.39 bits per heavy atom. The highest BCUT2D eigenvalue weighted by Gasteiger charge is 2.57. The lowest BCUT2D eigenvalue weighted by molar-refractivity contribution is -0.272. The van der Waals surface area contributed by atoms with Crippen molar-refractivity contribution < 1.29 is 27.9 Å².